The van der Waals surface area contributed by atoms with E-state index in [0.29, 0.717) is 0 Å². The van der Waals surface area contributed by atoms with Crippen LogP contribution in [0.15, 0.2) is 194 Å². The summed E-state index contributed by atoms with van der Waals surface area (Å²) in [5.74, 6) is 0. The molecule has 0 bridgehead atoms. The average molecular weight is 783 g/mol. The highest BCUT2D eigenvalue weighted by molar-refractivity contribution is 7.26. The summed E-state index contributed by atoms with van der Waals surface area (Å²) in [6.07, 6.45) is 0. The maximum atomic E-state index is 2.49. The van der Waals surface area contributed by atoms with Gasteiger partial charge in [0.1, 0.15) is 0 Å². The topological polar surface area (TPSA) is 9.86 Å². The highest BCUT2D eigenvalue weighted by atomic mass is 32.1. The lowest BCUT2D eigenvalue weighted by molar-refractivity contribution is 0.660. The molecule has 0 saturated heterocycles. The summed E-state index contributed by atoms with van der Waals surface area (Å²) < 4.78 is 7.53. The largest absolute Gasteiger partial charge is 0.309 e. The standard InChI is InChI=1S/C57H38N2S/c1-57(2)49-20-10-6-16-40(49)41-27-24-37(32-50(41)57)45-33-39(34-48-44-19-9-13-23-55(44)60-56(45)48)59-52-22-12-8-18-43(52)47-31-36(26-29-54(47)59)35-25-28-53-46(30-35)42-17-7-11-21-51(42)58(53)38-14-4-3-5-15-38/h3-34H,1-2H3. The summed E-state index contributed by atoms with van der Waals surface area (Å²) >= 11 is 1.91. The Balaban J connectivity index is 1.01. The monoisotopic (exact) mass is 782 g/mol. The van der Waals surface area contributed by atoms with Crippen LogP contribution in [0.1, 0.15) is 25.0 Å². The van der Waals surface area contributed by atoms with E-state index in [1.54, 1.807) is 0 Å². The zero-order chi connectivity index (χ0) is 39.7. The SMILES string of the molecule is CC1(C)c2ccccc2-c2ccc(-c3cc(-n4c5ccccc5c5cc(-c6ccc7c(c6)c6ccccc6n7-c6ccccc6)ccc54)cc4c3sc3ccccc34)cc21. The van der Waals surface area contributed by atoms with Gasteiger partial charge in [0.05, 0.1) is 22.1 Å². The van der Waals surface area contributed by atoms with Gasteiger partial charge in [-0.1, -0.05) is 135 Å². The minimum Gasteiger partial charge on any atom is -0.309 e. The Kier molecular flexibility index (Phi) is 6.98. The molecule has 0 fully saturated rings. The number of aromatic nitrogens is 2. The van der Waals surface area contributed by atoms with Crippen molar-refractivity contribution in [3.8, 4) is 44.8 Å². The van der Waals surface area contributed by atoms with Crippen molar-refractivity contribution in [2.24, 2.45) is 0 Å². The number of para-hydroxylation sites is 3. The molecule has 1 aliphatic rings. The summed E-state index contributed by atoms with van der Waals surface area (Å²) in [7, 11) is 0. The van der Waals surface area contributed by atoms with E-state index >= 15 is 0 Å². The van der Waals surface area contributed by atoms with Crippen molar-refractivity contribution in [3.63, 3.8) is 0 Å². The van der Waals surface area contributed by atoms with Crippen molar-refractivity contribution in [1.82, 2.24) is 9.13 Å². The number of fused-ring (bicyclic) bond motifs is 12. The molecular formula is C57H38N2S. The van der Waals surface area contributed by atoms with E-state index in [4.69, 9.17) is 0 Å². The van der Waals surface area contributed by atoms with Gasteiger partial charge in [-0.25, -0.2) is 0 Å². The number of rotatable bonds is 4. The predicted molar refractivity (Wildman–Crippen MR) is 256 cm³/mol. The van der Waals surface area contributed by atoms with Crippen LogP contribution in [0.2, 0.25) is 0 Å². The van der Waals surface area contributed by atoms with Crippen molar-refractivity contribution in [2.45, 2.75) is 19.3 Å². The van der Waals surface area contributed by atoms with Crippen LogP contribution in [-0.4, -0.2) is 9.13 Å². The average Bonchev–Trinajstić information content (AvgIpc) is 4.01. The molecular weight excluding hydrogens is 745 g/mol. The lowest BCUT2D eigenvalue weighted by Gasteiger charge is -2.22. The van der Waals surface area contributed by atoms with Gasteiger partial charge >= 0.3 is 0 Å². The van der Waals surface area contributed by atoms with Crippen LogP contribution >= 0.6 is 11.3 Å². The second-order valence-electron chi connectivity index (χ2n) is 16.9. The van der Waals surface area contributed by atoms with Crippen molar-refractivity contribution in [1.29, 1.82) is 0 Å². The maximum absolute atomic E-state index is 2.49. The van der Waals surface area contributed by atoms with Crippen LogP contribution in [0.25, 0.3) is 109 Å². The Hall–Kier alpha value is -7.20. The second-order valence-corrected chi connectivity index (χ2v) is 18.0. The van der Waals surface area contributed by atoms with Crippen molar-refractivity contribution in [2.75, 3.05) is 0 Å². The van der Waals surface area contributed by atoms with Gasteiger partial charge in [0.15, 0.2) is 0 Å². The zero-order valence-corrected chi connectivity index (χ0v) is 34.1. The van der Waals surface area contributed by atoms with E-state index in [2.05, 4.69) is 217 Å². The first kappa shape index (κ1) is 33.7. The molecule has 9 aromatic carbocycles. The van der Waals surface area contributed by atoms with E-state index < -0.39 is 0 Å². The van der Waals surface area contributed by atoms with Gasteiger partial charge in [0, 0.05) is 64.1 Å². The second kappa shape index (κ2) is 12.4. The van der Waals surface area contributed by atoms with Crippen LogP contribution in [0.3, 0.4) is 0 Å². The van der Waals surface area contributed by atoms with Gasteiger partial charge in [0.2, 0.25) is 0 Å². The van der Waals surface area contributed by atoms with Gasteiger partial charge in [-0.15, -0.1) is 11.3 Å². The number of benzene rings is 9. The molecule has 2 nitrogen and oxygen atoms in total. The molecule has 0 aliphatic heterocycles. The number of hydrogen-bond acceptors (Lipinski definition) is 1. The first-order valence-electron chi connectivity index (χ1n) is 20.8. The Morgan fingerprint density at radius 1 is 0.350 bits per heavy atom. The number of nitrogens with zero attached hydrogens (tertiary/aromatic N) is 2. The third kappa shape index (κ3) is 4.70. The summed E-state index contributed by atoms with van der Waals surface area (Å²) in [4.78, 5) is 0. The summed E-state index contributed by atoms with van der Waals surface area (Å²) in [6.45, 7) is 4.75. The Morgan fingerprint density at radius 2 is 0.900 bits per heavy atom. The Bertz CT molecular complexity index is 3740. The predicted octanol–water partition coefficient (Wildman–Crippen LogP) is 15.9. The normalized spacial score (nSPS) is 13.3. The molecule has 3 heterocycles. The molecule has 1 aliphatic carbocycles. The van der Waals surface area contributed by atoms with Gasteiger partial charge in [-0.05, 0) is 112 Å². The summed E-state index contributed by atoms with van der Waals surface area (Å²) in [5.41, 5.74) is 17.6. The van der Waals surface area contributed by atoms with E-state index in [-0.39, 0.29) is 5.41 Å². The van der Waals surface area contributed by atoms with Crippen LogP contribution in [-0.2, 0) is 5.41 Å². The number of thiophene rings is 1. The molecule has 0 N–H and O–H groups in total. The molecule has 282 valence electrons. The van der Waals surface area contributed by atoms with Gasteiger partial charge in [-0.2, -0.15) is 0 Å². The van der Waals surface area contributed by atoms with Crippen molar-refractivity contribution in [3.05, 3.63) is 205 Å². The lowest BCUT2D eigenvalue weighted by atomic mass is 9.81. The first-order chi connectivity index (χ1) is 29.5. The molecule has 0 atom stereocenters. The lowest BCUT2D eigenvalue weighted by Crippen LogP contribution is -2.14. The smallest absolute Gasteiger partial charge is 0.0541 e. The fourth-order valence-corrected chi connectivity index (χ4v) is 11.7. The fraction of sp³-hybridized carbons (Fsp3) is 0.0526. The van der Waals surface area contributed by atoms with Crippen molar-refractivity contribution >= 4 is 75.1 Å². The third-order valence-electron chi connectivity index (χ3n) is 13.3. The molecule has 12 aromatic rings. The van der Waals surface area contributed by atoms with E-state index in [9.17, 15) is 0 Å². The fourth-order valence-electron chi connectivity index (χ4n) is 10.5. The molecule has 0 amide bonds. The van der Waals surface area contributed by atoms with E-state index in [1.165, 1.54) is 120 Å². The third-order valence-corrected chi connectivity index (χ3v) is 14.5. The molecule has 60 heavy (non-hydrogen) atoms. The minimum atomic E-state index is -0.0765. The summed E-state index contributed by atoms with van der Waals surface area (Å²) in [6, 6.07) is 72.3. The minimum absolute atomic E-state index is 0.0765. The molecule has 0 spiro atoms. The van der Waals surface area contributed by atoms with E-state index in [1.807, 2.05) is 11.3 Å². The van der Waals surface area contributed by atoms with Crippen LogP contribution in [0, 0.1) is 0 Å². The molecule has 0 unspecified atom stereocenters. The van der Waals surface area contributed by atoms with Gasteiger partial charge in [-0.3, -0.25) is 0 Å². The van der Waals surface area contributed by atoms with Crippen LogP contribution < -0.4 is 0 Å². The van der Waals surface area contributed by atoms with E-state index in [0.717, 1.165) is 0 Å². The maximum Gasteiger partial charge on any atom is 0.0541 e. The quantitative estimate of drug-likeness (QED) is 0.168. The van der Waals surface area contributed by atoms with Gasteiger partial charge < -0.3 is 9.13 Å². The highest BCUT2D eigenvalue weighted by Crippen LogP contribution is 2.51. The first-order valence-corrected chi connectivity index (χ1v) is 21.7. The molecule has 3 aromatic heterocycles. The van der Waals surface area contributed by atoms with Crippen LogP contribution in [0.4, 0.5) is 0 Å². The molecule has 13 rings (SSSR count). The van der Waals surface area contributed by atoms with Gasteiger partial charge in [0.25, 0.3) is 0 Å². The Morgan fingerprint density at radius 3 is 1.62 bits per heavy atom. The highest BCUT2D eigenvalue weighted by Gasteiger charge is 2.35. The van der Waals surface area contributed by atoms with Crippen molar-refractivity contribution < 1.29 is 0 Å². The summed E-state index contributed by atoms with van der Waals surface area (Å²) in [5, 5.41) is 7.64. The molecule has 0 radical (unpaired) electrons. The number of hydrogen-bond donors (Lipinski definition) is 0. The Labute approximate surface area is 351 Å². The molecule has 3 heteroatoms. The van der Waals surface area contributed by atoms with Crippen LogP contribution in [0.5, 0.6) is 0 Å². The molecule has 0 saturated carbocycles. The zero-order valence-electron chi connectivity index (χ0n) is 33.3.